The lowest BCUT2D eigenvalue weighted by molar-refractivity contribution is 0.285. The van der Waals surface area contributed by atoms with E-state index in [9.17, 15) is 5.11 Å². The van der Waals surface area contributed by atoms with Gasteiger partial charge in [0.25, 0.3) is 0 Å². The van der Waals surface area contributed by atoms with Crippen LogP contribution in [-0.2, 0) is 13.0 Å². The molecule has 2 N–H and O–H groups in total. The van der Waals surface area contributed by atoms with Crippen LogP contribution in [0.25, 0.3) is 21.3 Å². The van der Waals surface area contributed by atoms with Crippen LogP contribution in [0.5, 0.6) is 0 Å². The minimum absolute atomic E-state index is 0.0480. The molecule has 3 heterocycles. The Labute approximate surface area is 137 Å². The van der Waals surface area contributed by atoms with Crippen molar-refractivity contribution in [1.29, 1.82) is 0 Å². The van der Waals surface area contributed by atoms with Crippen molar-refractivity contribution in [3.63, 3.8) is 0 Å². The number of benzene rings is 1. The number of rotatable bonds is 2. The van der Waals surface area contributed by atoms with Gasteiger partial charge in [-0.25, -0.2) is 0 Å². The predicted molar refractivity (Wildman–Crippen MR) is 92.8 cm³/mol. The number of aromatic nitrogens is 1. The maximum Gasteiger partial charge on any atom is 0.0819 e. The van der Waals surface area contributed by atoms with Gasteiger partial charge in [-0.2, -0.15) is 0 Å². The van der Waals surface area contributed by atoms with Crippen LogP contribution in [0.3, 0.4) is 0 Å². The highest BCUT2D eigenvalue weighted by atomic mass is 35.5. The van der Waals surface area contributed by atoms with Crippen molar-refractivity contribution in [2.24, 2.45) is 0 Å². The van der Waals surface area contributed by atoms with E-state index in [-0.39, 0.29) is 6.61 Å². The highest BCUT2D eigenvalue weighted by Crippen LogP contribution is 2.41. The van der Waals surface area contributed by atoms with E-state index in [4.69, 9.17) is 11.6 Å². The number of nitrogens with zero attached hydrogens (tertiary/aromatic N) is 1. The molecule has 3 nitrogen and oxygen atoms in total. The van der Waals surface area contributed by atoms with Crippen LogP contribution in [0.15, 0.2) is 30.5 Å². The van der Waals surface area contributed by atoms with E-state index in [1.54, 1.807) is 11.3 Å². The van der Waals surface area contributed by atoms with Gasteiger partial charge < -0.3 is 10.4 Å². The molecule has 3 aromatic rings. The Kier molecular flexibility index (Phi) is 3.53. The van der Waals surface area contributed by atoms with Crippen LogP contribution in [0, 0.1) is 0 Å². The molecule has 0 saturated carbocycles. The van der Waals surface area contributed by atoms with Crippen LogP contribution in [0.2, 0.25) is 5.02 Å². The minimum Gasteiger partial charge on any atom is -0.391 e. The molecular weight excluding hydrogens is 316 g/mol. The fraction of sp³-hybridized carbons (Fsp3) is 0.235. The quantitative estimate of drug-likeness (QED) is 0.728. The van der Waals surface area contributed by atoms with Crippen LogP contribution in [-0.4, -0.2) is 16.6 Å². The summed E-state index contributed by atoms with van der Waals surface area (Å²) < 4.78 is 1.10. The van der Waals surface area contributed by atoms with Crippen molar-refractivity contribution in [1.82, 2.24) is 4.98 Å². The Bertz CT molecular complexity index is 859. The number of nitrogens with one attached hydrogen (secondary N) is 1. The number of aryl methyl sites for hydroxylation is 1. The molecular formula is C17H15ClN2OS. The molecule has 0 spiro atoms. The lowest BCUT2D eigenvalue weighted by Gasteiger charge is -2.22. The zero-order valence-electron chi connectivity index (χ0n) is 11.9. The van der Waals surface area contributed by atoms with Gasteiger partial charge in [0.05, 0.1) is 16.8 Å². The van der Waals surface area contributed by atoms with Crippen molar-refractivity contribution in [2.75, 3.05) is 11.9 Å². The number of aliphatic hydroxyl groups is 1. The molecule has 0 aliphatic carbocycles. The molecule has 5 heteroatoms. The third-order valence-electron chi connectivity index (χ3n) is 4.02. The van der Waals surface area contributed by atoms with Gasteiger partial charge in [-0.05, 0) is 42.7 Å². The first-order chi connectivity index (χ1) is 10.8. The van der Waals surface area contributed by atoms with E-state index in [1.807, 2.05) is 24.4 Å². The number of anilines is 1. The van der Waals surface area contributed by atoms with Gasteiger partial charge in [0, 0.05) is 39.5 Å². The monoisotopic (exact) mass is 330 g/mol. The Balaban J connectivity index is 1.99. The smallest absolute Gasteiger partial charge is 0.0819 e. The number of aliphatic hydroxyl groups excluding tert-OH is 1. The molecule has 0 saturated heterocycles. The van der Waals surface area contributed by atoms with E-state index in [1.165, 1.54) is 11.3 Å². The van der Waals surface area contributed by atoms with Gasteiger partial charge in [0.1, 0.15) is 0 Å². The summed E-state index contributed by atoms with van der Waals surface area (Å²) in [5.41, 5.74) is 5.64. The van der Waals surface area contributed by atoms with Crippen molar-refractivity contribution < 1.29 is 5.11 Å². The summed E-state index contributed by atoms with van der Waals surface area (Å²) >= 11 is 7.93. The summed E-state index contributed by atoms with van der Waals surface area (Å²) in [7, 11) is 0. The Hall–Kier alpha value is -1.62. The molecule has 0 fully saturated rings. The molecule has 0 unspecified atom stereocenters. The summed E-state index contributed by atoms with van der Waals surface area (Å²) in [6, 6.07) is 8.06. The molecule has 2 aromatic heterocycles. The standard InChI is InChI=1S/C17H15ClN2OS/c18-11-6-10-2-1-4-20-16(10)14(7-11)13-3-5-19-15-8-12(9-21)22-17(13)15/h3,5-8,20-21H,1-2,4,9H2. The van der Waals surface area contributed by atoms with Gasteiger partial charge in [-0.1, -0.05) is 11.6 Å². The van der Waals surface area contributed by atoms with Gasteiger partial charge in [0.15, 0.2) is 0 Å². The fourth-order valence-corrected chi connectivity index (χ4v) is 4.29. The number of halogens is 1. The minimum atomic E-state index is 0.0480. The van der Waals surface area contributed by atoms with Crippen LogP contribution >= 0.6 is 22.9 Å². The van der Waals surface area contributed by atoms with Crippen molar-refractivity contribution in [3.05, 3.63) is 45.9 Å². The summed E-state index contributed by atoms with van der Waals surface area (Å²) in [4.78, 5) is 5.35. The molecule has 0 amide bonds. The van der Waals surface area contributed by atoms with Crippen molar-refractivity contribution in [3.8, 4) is 11.1 Å². The molecule has 0 atom stereocenters. The second-order valence-electron chi connectivity index (χ2n) is 5.46. The lowest BCUT2D eigenvalue weighted by Crippen LogP contribution is -2.12. The highest BCUT2D eigenvalue weighted by Gasteiger charge is 2.18. The average molecular weight is 331 g/mol. The Morgan fingerprint density at radius 1 is 1.27 bits per heavy atom. The van der Waals surface area contributed by atoms with E-state index in [2.05, 4.69) is 16.4 Å². The molecule has 1 aromatic carbocycles. The average Bonchev–Trinajstić information content (AvgIpc) is 2.97. The molecule has 1 aliphatic heterocycles. The summed E-state index contributed by atoms with van der Waals surface area (Å²) in [5.74, 6) is 0. The Morgan fingerprint density at radius 2 is 2.18 bits per heavy atom. The summed E-state index contributed by atoms with van der Waals surface area (Å²) in [6.45, 7) is 1.04. The second kappa shape index (κ2) is 5.54. The van der Waals surface area contributed by atoms with Crippen molar-refractivity contribution >= 4 is 38.8 Å². The van der Waals surface area contributed by atoms with Crippen LogP contribution < -0.4 is 5.32 Å². The lowest BCUT2D eigenvalue weighted by atomic mass is 9.95. The fourth-order valence-electron chi connectivity index (χ4n) is 3.05. The third-order valence-corrected chi connectivity index (χ3v) is 5.38. The van der Waals surface area contributed by atoms with Crippen LogP contribution in [0.4, 0.5) is 5.69 Å². The third kappa shape index (κ3) is 2.28. The molecule has 0 radical (unpaired) electrons. The van der Waals surface area contributed by atoms with Gasteiger partial charge in [0.2, 0.25) is 0 Å². The van der Waals surface area contributed by atoms with Gasteiger partial charge in [-0.15, -0.1) is 11.3 Å². The molecule has 0 bridgehead atoms. The molecule has 4 rings (SSSR count). The maximum atomic E-state index is 9.39. The van der Waals surface area contributed by atoms with Crippen LogP contribution in [0.1, 0.15) is 16.9 Å². The first-order valence-electron chi connectivity index (χ1n) is 7.31. The van der Waals surface area contributed by atoms with Gasteiger partial charge >= 0.3 is 0 Å². The highest BCUT2D eigenvalue weighted by molar-refractivity contribution is 7.19. The van der Waals surface area contributed by atoms with E-state index in [0.29, 0.717) is 0 Å². The first kappa shape index (κ1) is 14.0. The number of fused-ring (bicyclic) bond motifs is 2. The number of hydrogen-bond acceptors (Lipinski definition) is 4. The SMILES string of the molecule is OCc1cc2nccc(-c3cc(Cl)cc4c3NCCC4)c2s1. The van der Waals surface area contributed by atoms with E-state index in [0.717, 1.165) is 50.6 Å². The molecule has 22 heavy (non-hydrogen) atoms. The van der Waals surface area contributed by atoms with Gasteiger partial charge in [-0.3, -0.25) is 4.98 Å². The number of hydrogen-bond donors (Lipinski definition) is 2. The normalized spacial score (nSPS) is 13.9. The number of pyridine rings is 1. The second-order valence-corrected chi connectivity index (χ2v) is 7.03. The molecule has 112 valence electrons. The zero-order valence-corrected chi connectivity index (χ0v) is 13.5. The number of thiophene rings is 1. The molecule has 1 aliphatic rings. The van der Waals surface area contributed by atoms with E-state index >= 15 is 0 Å². The van der Waals surface area contributed by atoms with Crippen molar-refractivity contribution in [2.45, 2.75) is 19.4 Å². The zero-order chi connectivity index (χ0) is 15.1. The first-order valence-corrected chi connectivity index (χ1v) is 8.50. The maximum absolute atomic E-state index is 9.39. The Morgan fingerprint density at radius 3 is 3.05 bits per heavy atom. The van der Waals surface area contributed by atoms with E-state index < -0.39 is 0 Å². The largest absolute Gasteiger partial charge is 0.391 e. The predicted octanol–water partition coefficient (Wildman–Crippen LogP) is 4.47. The summed E-state index contributed by atoms with van der Waals surface area (Å²) in [5, 5.41) is 13.7. The summed E-state index contributed by atoms with van der Waals surface area (Å²) in [6.07, 6.45) is 4.00. The topological polar surface area (TPSA) is 45.2 Å².